The molecule has 0 atom stereocenters. The van der Waals surface area contributed by atoms with E-state index in [1.807, 2.05) is 0 Å². The molecule has 1 aliphatic carbocycles. The van der Waals surface area contributed by atoms with E-state index in [0.717, 1.165) is 0 Å². The molecule has 0 radical (unpaired) electrons. The van der Waals surface area contributed by atoms with Crippen molar-refractivity contribution in [3.63, 3.8) is 0 Å². The van der Waals surface area contributed by atoms with Gasteiger partial charge in [0.15, 0.2) is 0 Å². The Kier molecular flexibility index (Phi) is 3.44. The normalized spacial score (nSPS) is 19.4. The molecule has 4 nitrogen and oxygen atoms in total. The lowest BCUT2D eigenvalue weighted by atomic mass is 10.0. The van der Waals surface area contributed by atoms with Crippen LogP contribution in [0.5, 0.6) is 5.75 Å². The second-order valence-electron chi connectivity index (χ2n) is 6.63. The number of para-hydroxylation sites is 1. The van der Waals surface area contributed by atoms with Crippen molar-refractivity contribution in [3.05, 3.63) is 23.8 Å². The number of hydrogen-bond acceptors (Lipinski definition) is 3. The average Bonchev–Trinajstić information content (AvgIpc) is 2.77. The molecule has 0 aliphatic heterocycles. The minimum atomic E-state index is -0.139. The fourth-order valence-electron chi connectivity index (χ4n) is 3.05. The first-order valence-electron chi connectivity index (χ1n) is 6.94. The van der Waals surface area contributed by atoms with E-state index in [-0.39, 0.29) is 16.7 Å². The predicted octanol–water partition coefficient (Wildman–Crippen LogP) is 2.69. The van der Waals surface area contributed by atoms with Gasteiger partial charge in [0.1, 0.15) is 5.75 Å². The van der Waals surface area contributed by atoms with Gasteiger partial charge in [-0.05, 0) is 28.9 Å². The highest BCUT2D eigenvalue weighted by atomic mass is 16.5. The van der Waals surface area contributed by atoms with Gasteiger partial charge in [-0.1, -0.05) is 33.8 Å². The Hall–Kier alpha value is -1.71. The van der Waals surface area contributed by atoms with Crippen molar-refractivity contribution in [1.82, 2.24) is 5.32 Å². The molecular formula is C16H24N2O2. The Balaban J connectivity index is 2.04. The number of anilines is 1. The van der Waals surface area contributed by atoms with Gasteiger partial charge >= 0.3 is 0 Å². The number of nitrogens with two attached hydrogens (primary N) is 1. The minimum absolute atomic E-state index is 0.139. The number of ether oxygens (including phenoxy) is 1. The van der Waals surface area contributed by atoms with E-state index in [1.165, 1.54) is 0 Å². The number of carbonyl (C=O) groups excluding carboxylic acids is 1. The highest BCUT2D eigenvalue weighted by Crippen LogP contribution is 2.67. The summed E-state index contributed by atoms with van der Waals surface area (Å²) in [7, 11) is 1.54. The number of nitrogen functional groups attached to an aromatic ring is 1. The molecule has 3 N–H and O–H groups in total. The minimum Gasteiger partial charge on any atom is -0.495 e. The van der Waals surface area contributed by atoms with Crippen LogP contribution >= 0.6 is 0 Å². The van der Waals surface area contributed by atoms with Crippen LogP contribution in [0.1, 0.15) is 38.1 Å². The van der Waals surface area contributed by atoms with Crippen molar-refractivity contribution in [1.29, 1.82) is 0 Å². The second kappa shape index (κ2) is 4.69. The highest BCUT2D eigenvalue weighted by molar-refractivity contribution is 6.00. The molecule has 0 saturated heterocycles. The Bertz CT molecular complexity index is 521. The molecule has 1 aromatic rings. The monoisotopic (exact) mass is 276 g/mol. The zero-order valence-corrected chi connectivity index (χ0v) is 12.9. The van der Waals surface area contributed by atoms with Crippen molar-refractivity contribution in [3.8, 4) is 5.75 Å². The molecule has 1 aromatic carbocycles. The molecule has 1 aliphatic rings. The summed E-state index contributed by atoms with van der Waals surface area (Å²) < 4.78 is 5.13. The van der Waals surface area contributed by atoms with Crippen LogP contribution in [0.3, 0.4) is 0 Å². The Morgan fingerprint density at radius 3 is 2.40 bits per heavy atom. The van der Waals surface area contributed by atoms with Gasteiger partial charge in [0.2, 0.25) is 0 Å². The maximum Gasteiger partial charge on any atom is 0.253 e. The SMILES string of the molecule is COc1cccc(C(=O)NCC2C(C)(C)C2(C)C)c1N. The number of amides is 1. The number of benzene rings is 1. The fourth-order valence-corrected chi connectivity index (χ4v) is 3.05. The molecule has 0 spiro atoms. The molecule has 4 heteroatoms. The van der Waals surface area contributed by atoms with Crippen molar-refractivity contribution >= 4 is 11.6 Å². The van der Waals surface area contributed by atoms with Crippen LogP contribution in [0.25, 0.3) is 0 Å². The maximum absolute atomic E-state index is 12.2. The molecule has 110 valence electrons. The van der Waals surface area contributed by atoms with Gasteiger partial charge in [-0.25, -0.2) is 0 Å². The first kappa shape index (κ1) is 14.7. The van der Waals surface area contributed by atoms with Crippen molar-refractivity contribution in [2.75, 3.05) is 19.4 Å². The quantitative estimate of drug-likeness (QED) is 0.831. The first-order valence-corrected chi connectivity index (χ1v) is 6.94. The summed E-state index contributed by atoms with van der Waals surface area (Å²) in [5, 5.41) is 2.99. The average molecular weight is 276 g/mol. The van der Waals surface area contributed by atoms with Gasteiger partial charge < -0.3 is 15.8 Å². The third-order valence-electron chi connectivity index (χ3n) is 5.32. The summed E-state index contributed by atoms with van der Waals surface area (Å²) in [5.41, 5.74) is 7.33. The number of rotatable bonds is 4. The van der Waals surface area contributed by atoms with E-state index in [9.17, 15) is 4.79 Å². The molecule has 0 bridgehead atoms. The van der Waals surface area contributed by atoms with Crippen LogP contribution in [0.15, 0.2) is 18.2 Å². The lowest BCUT2D eigenvalue weighted by Crippen LogP contribution is -2.27. The molecule has 1 saturated carbocycles. The lowest BCUT2D eigenvalue weighted by Gasteiger charge is -2.11. The zero-order chi connectivity index (χ0) is 15.1. The topological polar surface area (TPSA) is 64.3 Å². The number of carbonyl (C=O) groups is 1. The summed E-state index contributed by atoms with van der Waals surface area (Å²) in [6, 6.07) is 5.24. The van der Waals surface area contributed by atoms with Crippen LogP contribution in [0, 0.1) is 16.7 Å². The number of hydrogen-bond donors (Lipinski definition) is 2. The molecule has 0 heterocycles. The molecule has 0 aromatic heterocycles. The summed E-state index contributed by atoms with van der Waals surface area (Å²) in [6.07, 6.45) is 0. The summed E-state index contributed by atoms with van der Waals surface area (Å²) in [6.45, 7) is 9.64. The smallest absolute Gasteiger partial charge is 0.253 e. The van der Waals surface area contributed by atoms with Gasteiger partial charge in [-0.15, -0.1) is 0 Å². The van der Waals surface area contributed by atoms with Gasteiger partial charge in [0, 0.05) is 6.54 Å². The largest absolute Gasteiger partial charge is 0.495 e. The second-order valence-corrected chi connectivity index (χ2v) is 6.63. The Morgan fingerprint density at radius 2 is 1.90 bits per heavy atom. The summed E-state index contributed by atoms with van der Waals surface area (Å²) in [5.74, 6) is 0.885. The van der Waals surface area contributed by atoms with Crippen LogP contribution in [-0.2, 0) is 0 Å². The van der Waals surface area contributed by atoms with Gasteiger partial charge in [0.25, 0.3) is 5.91 Å². The van der Waals surface area contributed by atoms with Crippen LogP contribution in [-0.4, -0.2) is 19.6 Å². The van der Waals surface area contributed by atoms with E-state index in [1.54, 1.807) is 25.3 Å². The molecule has 1 amide bonds. The summed E-state index contributed by atoms with van der Waals surface area (Å²) in [4.78, 5) is 12.2. The van der Waals surface area contributed by atoms with E-state index in [4.69, 9.17) is 10.5 Å². The highest BCUT2D eigenvalue weighted by Gasteiger charge is 2.64. The first-order chi connectivity index (χ1) is 9.23. The molecule has 20 heavy (non-hydrogen) atoms. The van der Waals surface area contributed by atoms with Crippen LogP contribution < -0.4 is 15.8 Å². The number of nitrogens with one attached hydrogen (secondary N) is 1. The van der Waals surface area contributed by atoms with E-state index in [2.05, 4.69) is 33.0 Å². The van der Waals surface area contributed by atoms with Gasteiger partial charge in [0.05, 0.1) is 18.4 Å². The van der Waals surface area contributed by atoms with E-state index < -0.39 is 0 Å². The van der Waals surface area contributed by atoms with Crippen molar-refractivity contribution < 1.29 is 9.53 Å². The molecule has 1 fully saturated rings. The van der Waals surface area contributed by atoms with Gasteiger partial charge in [-0.3, -0.25) is 4.79 Å². The molecule has 2 rings (SSSR count). The van der Waals surface area contributed by atoms with Crippen LogP contribution in [0.2, 0.25) is 0 Å². The van der Waals surface area contributed by atoms with Crippen LogP contribution in [0.4, 0.5) is 5.69 Å². The Labute approximate surface area is 120 Å². The molecular weight excluding hydrogens is 252 g/mol. The van der Waals surface area contributed by atoms with Crippen molar-refractivity contribution in [2.45, 2.75) is 27.7 Å². The summed E-state index contributed by atoms with van der Waals surface area (Å²) >= 11 is 0. The third kappa shape index (κ3) is 2.13. The standard InChI is InChI=1S/C16H24N2O2/c1-15(2)12(16(15,3)4)9-18-14(19)10-7-6-8-11(20-5)13(10)17/h6-8,12H,9,17H2,1-5H3,(H,18,19). The van der Waals surface area contributed by atoms with E-state index in [0.29, 0.717) is 29.5 Å². The zero-order valence-electron chi connectivity index (χ0n) is 12.9. The van der Waals surface area contributed by atoms with E-state index >= 15 is 0 Å². The molecule has 0 unspecified atom stereocenters. The predicted molar refractivity (Wildman–Crippen MR) is 80.8 cm³/mol. The van der Waals surface area contributed by atoms with Crippen molar-refractivity contribution in [2.24, 2.45) is 16.7 Å². The third-order valence-corrected chi connectivity index (χ3v) is 5.32. The maximum atomic E-state index is 12.2. The van der Waals surface area contributed by atoms with Gasteiger partial charge in [-0.2, -0.15) is 0 Å². The Morgan fingerprint density at radius 1 is 1.30 bits per heavy atom. The number of methoxy groups -OCH3 is 1. The lowest BCUT2D eigenvalue weighted by molar-refractivity contribution is 0.0950. The fraction of sp³-hybridized carbons (Fsp3) is 0.562.